The summed E-state index contributed by atoms with van der Waals surface area (Å²) in [6, 6.07) is 3.32. The van der Waals surface area contributed by atoms with E-state index < -0.39 is 0 Å². The first-order chi connectivity index (χ1) is 12.6. The molecule has 26 heavy (non-hydrogen) atoms. The summed E-state index contributed by atoms with van der Waals surface area (Å²) in [5.74, 6) is -0.0459. The molecule has 0 aromatic carbocycles. The molecule has 136 valence electrons. The molecule has 0 spiro atoms. The Morgan fingerprint density at radius 2 is 2.23 bits per heavy atom. The Balaban J connectivity index is 1.73. The molecular weight excluding hydrogens is 352 g/mol. The summed E-state index contributed by atoms with van der Waals surface area (Å²) < 4.78 is 5.33. The number of aryl methyl sites for hydroxylation is 2. The Morgan fingerprint density at radius 1 is 1.38 bits per heavy atom. The molecule has 3 aromatic rings. The van der Waals surface area contributed by atoms with Crippen LogP contribution in [0.4, 0.5) is 0 Å². The van der Waals surface area contributed by atoms with E-state index in [4.69, 9.17) is 0 Å². The lowest BCUT2D eigenvalue weighted by Crippen LogP contribution is -2.38. The number of likely N-dealkylation sites (tertiary alicyclic amines) is 1. The lowest BCUT2D eigenvalue weighted by Gasteiger charge is -2.34. The van der Waals surface area contributed by atoms with Gasteiger partial charge in [-0.1, -0.05) is 11.4 Å². The van der Waals surface area contributed by atoms with Gasteiger partial charge < -0.3 is 4.90 Å². The highest BCUT2D eigenvalue weighted by molar-refractivity contribution is 7.07. The molecule has 9 heteroatoms. The first-order valence-corrected chi connectivity index (χ1v) is 9.57. The number of carbonyl (C=O) groups excluding carboxylic acids is 1. The average molecular weight is 372 g/mol. The minimum absolute atomic E-state index is 0.0459. The third-order valence-corrected chi connectivity index (χ3v) is 5.67. The molecule has 1 atom stereocenters. The van der Waals surface area contributed by atoms with Crippen molar-refractivity contribution in [2.24, 2.45) is 0 Å². The van der Waals surface area contributed by atoms with Crippen LogP contribution in [-0.4, -0.2) is 41.5 Å². The van der Waals surface area contributed by atoms with Crippen LogP contribution in [0.5, 0.6) is 0 Å². The summed E-state index contributed by atoms with van der Waals surface area (Å²) in [6.45, 7) is 4.45. The molecule has 0 aliphatic carbocycles. The predicted molar refractivity (Wildman–Crippen MR) is 97.5 cm³/mol. The largest absolute Gasteiger partial charge is 0.329 e. The van der Waals surface area contributed by atoms with Crippen molar-refractivity contribution in [3.8, 4) is 0 Å². The van der Waals surface area contributed by atoms with E-state index >= 15 is 0 Å². The van der Waals surface area contributed by atoms with E-state index in [9.17, 15) is 9.59 Å². The van der Waals surface area contributed by atoms with Crippen LogP contribution in [0.25, 0.3) is 5.65 Å². The van der Waals surface area contributed by atoms with Crippen LogP contribution in [-0.2, 0) is 6.42 Å². The summed E-state index contributed by atoms with van der Waals surface area (Å²) in [5.41, 5.74) is 2.73. The van der Waals surface area contributed by atoms with Gasteiger partial charge in [-0.3, -0.25) is 14.7 Å². The van der Waals surface area contributed by atoms with E-state index in [1.807, 2.05) is 17.9 Å². The van der Waals surface area contributed by atoms with Gasteiger partial charge in [0.15, 0.2) is 5.65 Å². The van der Waals surface area contributed by atoms with Gasteiger partial charge in [0, 0.05) is 24.4 Å². The summed E-state index contributed by atoms with van der Waals surface area (Å²) >= 11 is 1.13. The summed E-state index contributed by atoms with van der Waals surface area (Å²) in [4.78, 5) is 32.3. The van der Waals surface area contributed by atoms with Crippen molar-refractivity contribution in [1.82, 2.24) is 29.1 Å². The standard InChI is InChI=1S/C17H20N6O2S/c1-3-11-8-15(24)23-14(18-11)9-12(20-23)13-6-4-5-7-22(13)17(25)16-10(2)19-21-26-16/h8-9,13,20H,3-7H2,1-2H3/t13-/m1/s1. The zero-order valence-corrected chi connectivity index (χ0v) is 15.5. The number of rotatable bonds is 3. The topological polar surface area (TPSA) is 96.2 Å². The molecule has 3 aromatic heterocycles. The predicted octanol–water partition coefficient (Wildman–Crippen LogP) is 2.11. The van der Waals surface area contributed by atoms with Crippen LogP contribution in [0.15, 0.2) is 16.9 Å². The SMILES string of the molecule is CCc1cc(=O)n2[nH]c([C@H]3CCCCN3C(=O)c3snnc3C)cc2n1. The van der Waals surface area contributed by atoms with Crippen LogP contribution in [0.3, 0.4) is 0 Å². The van der Waals surface area contributed by atoms with E-state index in [0.717, 1.165) is 42.2 Å². The molecule has 1 aliphatic rings. The number of H-pyrrole nitrogens is 1. The lowest BCUT2D eigenvalue weighted by molar-refractivity contribution is 0.0610. The number of hydrogen-bond acceptors (Lipinski definition) is 6. The fraction of sp³-hybridized carbons (Fsp3) is 0.471. The fourth-order valence-electron chi connectivity index (χ4n) is 3.47. The van der Waals surface area contributed by atoms with Crippen LogP contribution in [0.1, 0.15) is 59.0 Å². The Labute approximate surface area is 154 Å². The number of carbonyl (C=O) groups is 1. The van der Waals surface area contributed by atoms with Crippen molar-refractivity contribution in [2.75, 3.05) is 6.54 Å². The number of nitrogens with one attached hydrogen (secondary N) is 1. The quantitative estimate of drug-likeness (QED) is 0.760. The Bertz CT molecular complexity index is 1020. The molecule has 0 saturated carbocycles. The van der Waals surface area contributed by atoms with E-state index in [1.165, 1.54) is 4.52 Å². The fourth-order valence-corrected chi connectivity index (χ4v) is 4.08. The van der Waals surface area contributed by atoms with Crippen molar-refractivity contribution in [1.29, 1.82) is 0 Å². The van der Waals surface area contributed by atoms with E-state index in [0.29, 0.717) is 29.2 Å². The number of amides is 1. The maximum absolute atomic E-state index is 13.0. The normalized spacial score (nSPS) is 17.8. The monoisotopic (exact) mass is 372 g/mol. The third-order valence-electron chi connectivity index (χ3n) is 4.85. The third kappa shape index (κ3) is 2.82. The first kappa shape index (κ1) is 16.9. The van der Waals surface area contributed by atoms with E-state index in [-0.39, 0.29) is 17.5 Å². The number of aromatic amines is 1. The number of nitrogens with zero attached hydrogens (tertiary/aromatic N) is 5. The lowest BCUT2D eigenvalue weighted by atomic mass is 9.99. The van der Waals surface area contributed by atoms with Gasteiger partial charge in [0.05, 0.1) is 17.4 Å². The highest BCUT2D eigenvalue weighted by atomic mass is 32.1. The van der Waals surface area contributed by atoms with Crippen molar-refractivity contribution in [3.05, 3.63) is 44.4 Å². The van der Waals surface area contributed by atoms with E-state index in [2.05, 4.69) is 19.7 Å². The summed E-state index contributed by atoms with van der Waals surface area (Å²) in [7, 11) is 0. The maximum atomic E-state index is 13.0. The zero-order chi connectivity index (χ0) is 18.3. The summed E-state index contributed by atoms with van der Waals surface area (Å²) in [5, 5.41) is 7.10. The molecule has 1 saturated heterocycles. The van der Waals surface area contributed by atoms with Gasteiger partial charge in [-0.2, -0.15) is 0 Å². The molecule has 1 amide bonds. The molecule has 1 aliphatic heterocycles. The van der Waals surface area contributed by atoms with Gasteiger partial charge in [-0.05, 0) is 44.1 Å². The van der Waals surface area contributed by atoms with Gasteiger partial charge in [0.2, 0.25) is 0 Å². The van der Waals surface area contributed by atoms with Gasteiger partial charge in [0.1, 0.15) is 4.88 Å². The molecular formula is C17H20N6O2S. The minimum Gasteiger partial charge on any atom is -0.329 e. The molecule has 1 N–H and O–H groups in total. The highest BCUT2D eigenvalue weighted by Crippen LogP contribution is 2.32. The molecule has 1 fully saturated rings. The average Bonchev–Trinajstić information content (AvgIpc) is 3.27. The van der Waals surface area contributed by atoms with Crippen LogP contribution in [0.2, 0.25) is 0 Å². The van der Waals surface area contributed by atoms with Crippen LogP contribution < -0.4 is 5.56 Å². The van der Waals surface area contributed by atoms with E-state index in [1.54, 1.807) is 13.0 Å². The maximum Gasteiger partial charge on any atom is 0.272 e. The second-order valence-corrected chi connectivity index (χ2v) is 7.30. The number of piperidine rings is 1. The van der Waals surface area contributed by atoms with Crippen molar-refractivity contribution >= 4 is 23.1 Å². The smallest absolute Gasteiger partial charge is 0.272 e. The molecule has 4 heterocycles. The Morgan fingerprint density at radius 3 is 2.96 bits per heavy atom. The highest BCUT2D eigenvalue weighted by Gasteiger charge is 2.32. The zero-order valence-electron chi connectivity index (χ0n) is 14.7. The van der Waals surface area contributed by atoms with Gasteiger partial charge >= 0.3 is 0 Å². The van der Waals surface area contributed by atoms with Gasteiger partial charge in [-0.25, -0.2) is 9.50 Å². The Kier molecular flexibility index (Phi) is 4.31. The second kappa shape index (κ2) is 6.64. The molecule has 4 rings (SSSR count). The number of hydrogen-bond donors (Lipinski definition) is 1. The van der Waals surface area contributed by atoms with Gasteiger partial charge in [0.25, 0.3) is 11.5 Å². The first-order valence-electron chi connectivity index (χ1n) is 8.80. The Hall–Kier alpha value is -2.55. The van der Waals surface area contributed by atoms with Crippen molar-refractivity contribution in [2.45, 2.75) is 45.6 Å². The molecule has 0 bridgehead atoms. The number of fused-ring (bicyclic) bond motifs is 1. The minimum atomic E-state index is -0.130. The van der Waals surface area contributed by atoms with Crippen molar-refractivity contribution < 1.29 is 4.79 Å². The second-order valence-electron chi connectivity index (χ2n) is 6.54. The van der Waals surface area contributed by atoms with Crippen LogP contribution in [0, 0.1) is 6.92 Å². The van der Waals surface area contributed by atoms with Gasteiger partial charge in [-0.15, -0.1) is 5.10 Å². The molecule has 0 radical (unpaired) electrons. The molecule has 0 unspecified atom stereocenters. The van der Waals surface area contributed by atoms with Crippen LogP contribution >= 0.6 is 11.5 Å². The molecule has 8 nitrogen and oxygen atoms in total. The summed E-state index contributed by atoms with van der Waals surface area (Å²) in [6.07, 6.45) is 3.55. The van der Waals surface area contributed by atoms with Crippen molar-refractivity contribution in [3.63, 3.8) is 0 Å². The number of aromatic nitrogens is 5.